The second kappa shape index (κ2) is 6.45. The molecule has 0 aromatic rings. The van der Waals surface area contributed by atoms with Gasteiger partial charge in [-0.1, -0.05) is 27.2 Å². The standard InChI is InChI=1S/C15H28N2O.ClH/c1-11-4-5-12(8-11)9-14(18)17-7-6-13(16)15(2,3)10-17;/h11-13H,4-10,16H2,1-3H3;1H. The summed E-state index contributed by atoms with van der Waals surface area (Å²) in [6, 6.07) is 0.230. The lowest BCUT2D eigenvalue weighted by atomic mass is 9.79. The highest BCUT2D eigenvalue weighted by atomic mass is 35.5. The van der Waals surface area contributed by atoms with E-state index in [4.69, 9.17) is 5.73 Å². The Labute approximate surface area is 123 Å². The molecule has 0 bridgehead atoms. The van der Waals surface area contributed by atoms with E-state index in [0.717, 1.165) is 31.8 Å². The second-order valence-electron chi connectivity index (χ2n) is 7.19. The van der Waals surface area contributed by atoms with E-state index in [2.05, 4.69) is 20.8 Å². The van der Waals surface area contributed by atoms with Gasteiger partial charge in [-0.15, -0.1) is 12.4 Å². The highest BCUT2D eigenvalue weighted by molar-refractivity contribution is 5.85. The van der Waals surface area contributed by atoms with Crippen molar-refractivity contribution in [1.29, 1.82) is 0 Å². The molecule has 1 saturated heterocycles. The van der Waals surface area contributed by atoms with Crippen LogP contribution in [0, 0.1) is 17.3 Å². The molecule has 2 N–H and O–H groups in total. The minimum absolute atomic E-state index is 0. The van der Waals surface area contributed by atoms with Crippen LogP contribution in [0.15, 0.2) is 0 Å². The Morgan fingerprint density at radius 1 is 1.32 bits per heavy atom. The van der Waals surface area contributed by atoms with Crippen LogP contribution in [0.3, 0.4) is 0 Å². The van der Waals surface area contributed by atoms with Gasteiger partial charge in [-0.2, -0.15) is 0 Å². The summed E-state index contributed by atoms with van der Waals surface area (Å²) < 4.78 is 0. The van der Waals surface area contributed by atoms with E-state index >= 15 is 0 Å². The fourth-order valence-corrected chi connectivity index (χ4v) is 3.47. The summed E-state index contributed by atoms with van der Waals surface area (Å²) in [5.41, 5.74) is 6.19. The van der Waals surface area contributed by atoms with Crippen molar-refractivity contribution in [2.24, 2.45) is 23.0 Å². The van der Waals surface area contributed by atoms with E-state index in [9.17, 15) is 4.79 Å². The van der Waals surface area contributed by atoms with Crippen LogP contribution in [0.2, 0.25) is 0 Å². The van der Waals surface area contributed by atoms with Crippen LogP contribution in [0.1, 0.15) is 52.9 Å². The van der Waals surface area contributed by atoms with Gasteiger partial charge < -0.3 is 10.6 Å². The van der Waals surface area contributed by atoms with Crippen molar-refractivity contribution in [2.45, 2.75) is 58.9 Å². The van der Waals surface area contributed by atoms with Gasteiger partial charge in [0.1, 0.15) is 0 Å². The maximum absolute atomic E-state index is 12.3. The fourth-order valence-electron chi connectivity index (χ4n) is 3.47. The third-order valence-corrected chi connectivity index (χ3v) is 4.93. The van der Waals surface area contributed by atoms with Gasteiger partial charge in [0.05, 0.1) is 0 Å². The number of likely N-dealkylation sites (tertiary alicyclic amines) is 1. The van der Waals surface area contributed by atoms with Gasteiger partial charge in [0.25, 0.3) is 0 Å². The summed E-state index contributed by atoms with van der Waals surface area (Å²) in [5, 5.41) is 0. The van der Waals surface area contributed by atoms with Crippen LogP contribution in [0.5, 0.6) is 0 Å². The minimum atomic E-state index is 0. The number of rotatable bonds is 2. The molecule has 112 valence electrons. The number of hydrogen-bond acceptors (Lipinski definition) is 2. The van der Waals surface area contributed by atoms with Crippen LogP contribution in [-0.2, 0) is 4.79 Å². The topological polar surface area (TPSA) is 46.3 Å². The molecular formula is C15H29ClN2O. The third kappa shape index (κ3) is 4.09. The first-order chi connectivity index (χ1) is 8.38. The van der Waals surface area contributed by atoms with E-state index in [-0.39, 0.29) is 23.9 Å². The molecule has 1 heterocycles. The number of amides is 1. The molecule has 0 aromatic heterocycles. The fraction of sp³-hybridized carbons (Fsp3) is 0.933. The van der Waals surface area contributed by atoms with Crippen LogP contribution in [0.4, 0.5) is 0 Å². The lowest BCUT2D eigenvalue weighted by Gasteiger charge is -2.42. The molecule has 1 saturated carbocycles. The Hall–Kier alpha value is -0.280. The molecule has 2 fully saturated rings. The number of halogens is 1. The molecule has 3 atom stereocenters. The monoisotopic (exact) mass is 288 g/mol. The number of piperidine rings is 1. The molecule has 3 unspecified atom stereocenters. The van der Waals surface area contributed by atoms with Gasteiger partial charge in [-0.3, -0.25) is 4.79 Å². The summed E-state index contributed by atoms with van der Waals surface area (Å²) in [6.07, 6.45) is 5.48. The molecule has 1 aliphatic carbocycles. The van der Waals surface area contributed by atoms with Crippen molar-refractivity contribution in [1.82, 2.24) is 4.90 Å². The average molecular weight is 289 g/mol. The van der Waals surface area contributed by atoms with E-state index in [1.54, 1.807) is 0 Å². The summed E-state index contributed by atoms with van der Waals surface area (Å²) in [4.78, 5) is 14.4. The van der Waals surface area contributed by atoms with Crippen LogP contribution < -0.4 is 5.73 Å². The molecular weight excluding hydrogens is 260 g/mol. The molecule has 0 radical (unpaired) electrons. The molecule has 1 aliphatic heterocycles. The molecule has 19 heavy (non-hydrogen) atoms. The number of carbonyl (C=O) groups is 1. The zero-order chi connectivity index (χ0) is 13.3. The lowest BCUT2D eigenvalue weighted by Crippen LogP contribution is -2.54. The maximum Gasteiger partial charge on any atom is 0.222 e. The number of nitrogens with two attached hydrogens (primary N) is 1. The number of nitrogens with zero attached hydrogens (tertiary/aromatic N) is 1. The molecule has 2 rings (SSSR count). The first-order valence-electron chi connectivity index (χ1n) is 7.42. The zero-order valence-corrected chi connectivity index (χ0v) is 13.3. The Kier molecular flexibility index (Phi) is 5.69. The van der Waals surface area contributed by atoms with Gasteiger partial charge in [0.2, 0.25) is 5.91 Å². The van der Waals surface area contributed by atoms with E-state index in [1.165, 1.54) is 19.3 Å². The van der Waals surface area contributed by atoms with E-state index < -0.39 is 0 Å². The average Bonchev–Trinajstić information content (AvgIpc) is 2.68. The quantitative estimate of drug-likeness (QED) is 0.849. The Balaban J connectivity index is 0.00000180. The highest BCUT2D eigenvalue weighted by Crippen LogP contribution is 2.34. The minimum Gasteiger partial charge on any atom is -0.342 e. The van der Waals surface area contributed by atoms with Crippen LogP contribution in [-0.4, -0.2) is 29.9 Å². The molecule has 3 nitrogen and oxygen atoms in total. The van der Waals surface area contributed by atoms with E-state index in [0.29, 0.717) is 11.8 Å². The molecule has 1 amide bonds. The largest absolute Gasteiger partial charge is 0.342 e. The van der Waals surface area contributed by atoms with Gasteiger partial charge in [-0.25, -0.2) is 0 Å². The van der Waals surface area contributed by atoms with Gasteiger partial charge in [-0.05, 0) is 36.5 Å². The number of hydrogen-bond donors (Lipinski definition) is 1. The van der Waals surface area contributed by atoms with Crippen molar-refractivity contribution in [2.75, 3.05) is 13.1 Å². The molecule has 4 heteroatoms. The summed E-state index contributed by atoms with van der Waals surface area (Å²) in [6.45, 7) is 8.33. The third-order valence-electron chi connectivity index (χ3n) is 4.93. The normalized spacial score (nSPS) is 33.9. The predicted octanol–water partition coefficient (Wildman–Crippen LogP) is 2.82. The predicted molar refractivity (Wildman–Crippen MR) is 81.3 cm³/mol. The van der Waals surface area contributed by atoms with Gasteiger partial charge >= 0.3 is 0 Å². The Morgan fingerprint density at radius 3 is 2.53 bits per heavy atom. The van der Waals surface area contributed by atoms with Crippen LogP contribution >= 0.6 is 12.4 Å². The Morgan fingerprint density at radius 2 is 2.00 bits per heavy atom. The lowest BCUT2D eigenvalue weighted by molar-refractivity contribution is -0.135. The first kappa shape index (κ1) is 16.8. The van der Waals surface area contributed by atoms with Gasteiger partial charge in [0.15, 0.2) is 0 Å². The van der Waals surface area contributed by atoms with Crippen molar-refractivity contribution in [3.8, 4) is 0 Å². The molecule has 0 spiro atoms. The second-order valence-corrected chi connectivity index (χ2v) is 7.19. The van der Waals surface area contributed by atoms with E-state index in [1.807, 2.05) is 4.90 Å². The zero-order valence-electron chi connectivity index (χ0n) is 12.5. The smallest absolute Gasteiger partial charge is 0.222 e. The Bertz CT molecular complexity index is 319. The number of carbonyl (C=O) groups excluding carboxylic acids is 1. The van der Waals surface area contributed by atoms with Crippen molar-refractivity contribution in [3.05, 3.63) is 0 Å². The van der Waals surface area contributed by atoms with Gasteiger partial charge in [0, 0.05) is 25.6 Å². The van der Waals surface area contributed by atoms with Crippen LogP contribution in [0.25, 0.3) is 0 Å². The van der Waals surface area contributed by atoms with Crippen molar-refractivity contribution in [3.63, 3.8) is 0 Å². The molecule has 2 aliphatic rings. The first-order valence-corrected chi connectivity index (χ1v) is 7.42. The highest BCUT2D eigenvalue weighted by Gasteiger charge is 2.36. The van der Waals surface area contributed by atoms with Crippen molar-refractivity contribution < 1.29 is 4.79 Å². The summed E-state index contributed by atoms with van der Waals surface area (Å²) >= 11 is 0. The SMILES string of the molecule is CC1CCC(CC(=O)N2CCC(N)C(C)(C)C2)C1.Cl. The summed E-state index contributed by atoms with van der Waals surface area (Å²) in [5.74, 6) is 1.80. The maximum atomic E-state index is 12.3. The van der Waals surface area contributed by atoms with Crippen molar-refractivity contribution >= 4 is 18.3 Å². The summed E-state index contributed by atoms with van der Waals surface area (Å²) in [7, 11) is 0. The molecule has 0 aromatic carbocycles.